The third-order valence-corrected chi connectivity index (χ3v) is 4.39. The molecule has 1 atom stereocenters. The lowest BCUT2D eigenvalue weighted by Gasteiger charge is -2.35. The van der Waals surface area contributed by atoms with Crippen molar-refractivity contribution in [2.45, 2.75) is 50.6 Å². The largest absolute Gasteiger partial charge is 0.481 e. The van der Waals surface area contributed by atoms with Crippen LogP contribution in [0.3, 0.4) is 0 Å². The number of benzene rings is 1. The highest BCUT2D eigenvalue weighted by Gasteiger charge is 2.35. The fourth-order valence-corrected chi connectivity index (χ4v) is 3.26. The Morgan fingerprint density at radius 2 is 1.89 bits per heavy atom. The summed E-state index contributed by atoms with van der Waals surface area (Å²) in [4.78, 5) is 13.3. The highest BCUT2D eigenvalue weighted by molar-refractivity contribution is 5.66. The van der Waals surface area contributed by atoms with Crippen molar-refractivity contribution in [1.29, 1.82) is 0 Å². The fourth-order valence-electron chi connectivity index (χ4n) is 3.26. The maximum atomic E-state index is 10.8. The predicted molar refractivity (Wildman–Crippen MR) is 74.2 cm³/mol. The number of fused-ring (bicyclic) bond motifs is 1. The van der Waals surface area contributed by atoms with Crippen molar-refractivity contribution < 1.29 is 9.90 Å². The van der Waals surface area contributed by atoms with Crippen LogP contribution in [0.5, 0.6) is 0 Å². The fraction of sp³-hybridized carbons (Fsp3) is 0.562. The van der Waals surface area contributed by atoms with E-state index in [2.05, 4.69) is 29.2 Å². The summed E-state index contributed by atoms with van der Waals surface area (Å²) >= 11 is 0. The summed E-state index contributed by atoms with van der Waals surface area (Å²) < 4.78 is 0. The standard InChI is InChI=1S/C16H21NO2/c18-16(19)9-10-17(14-7-8-14)15-6-5-12-3-1-2-4-13(12)11-15/h1-4,14-15H,5-11H2,(H,18,19). The van der Waals surface area contributed by atoms with Gasteiger partial charge in [-0.05, 0) is 43.2 Å². The van der Waals surface area contributed by atoms with E-state index in [1.807, 2.05) is 0 Å². The second-order valence-electron chi connectivity index (χ2n) is 5.78. The lowest BCUT2D eigenvalue weighted by Crippen LogP contribution is -2.42. The van der Waals surface area contributed by atoms with Crippen LogP contribution in [-0.2, 0) is 17.6 Å². The summed E-state index contributed by atoms with van der Waals surface area (Å²) in [5.74, 6) is -0.679. The van der Waals surface area contributed by atoms with Gasteiger partial charge in [-0.1, -0.05) is 24.3 Å². The summed E-state index contributed by atoms with van der Waals surface area (Å²) in [5.41, 5.74) is 2.94. The molecule has 1 saturated carbocycles. The maximum absolute atomic E-state index is 10.8. The van der Waals surface area contributed by atoms with E-state index in [1.165, 1.54) is 30.4 Å². The third-order valence-electron chi connectivity index (χ3n) is 4.39. The normalized spacial score (nSPS) is 22.3. The number of nitrogens with zero attached hydrogens (tertiary/aromatic N) is 1. The first-order chi connectivity index (χ1) is 9.24. The van der Waals surface area contributed by atoms with Gasteiger partial charge >= 0.3 is 5.97 Å². The lowest BCUT2D eigenvalue weighted by atomic mass is 9.87. The van der Waals surface area contributed by atoms with E-state index in [1.54, 1.807) is 0 Å². The number of carboxylic acid groups (broad SMARTS) is 1. The van der Waals surface area contributed by atoms with Crippen molar-refractivity contribution in [3.63, 3.8) is 0 Å². The summed E-state index contributed by atoms with van der Waals surface area (Å²) in [6, 6.07) is 9.87. The SMILES string of the molecule is O=C(O)CCN(C1CC1)C1CCc2ccccc2C1. The van der Waals surface area contributed by atoms with Crippen LogP contribution in [0.4, 0.5) is 0 Å². The number of carboxylic acids is 1. The Balaban J connectivity index is 1.69. The zero-order chi connectivity index (χ0) is 13.2. The minimum Gasteiger partial charge on any atom is -0.481 e. The van der Waals surface area contributed by atoms with Crippen molar-refractivity contribution >= 4 is 5.97 Å². The van der Waals surface area contributed by atoms with Gasteiger partial charge in [-0.15, -0.1) is 0 Å². The van der Waals surface area contributed by atoms with E-state index in [-0.39, 0.29) is 6.42 Å². The monoisotopic (exact) mass is 259 g/mol. The van der Waals surface area contributed by atoms with Crippen LogP contribution in [0.15, 0.2) is 24.3 Å². The highest BCUT2D eigenvalue weighted by Crippen LogP contribution is 2.33. The molecule has 0 aromatic heterocycles. The topological polar surface area (TPSA) is 40.5 Å². The molecule has 1 fully saturated rings. The van der Waals surface area contributed by atoms with Gasteiger partial charge in [0.05, 0.1) is 6.42 Å². The summed E-state index contributed by atoms with van der Waals surface area (Å²) in [6.07, 6.45) is 6.17. The van der Waals surface area contributed by atoms with E-state index >= 15 is 0 Å². The molecule has 1 unspecified atom stereocenters. The molecule has 0 saturated heterocycles. The molecule has 0 heterocycles. The molecule has 1 aromatic rings. The van der Waals surface area contributed by atoms with Gasteiger partial charge in [0.2, 0.25) is 0 Å². The predicted octanol–water partition coefficient (Wildman–Crippen LogP) is 2.48. The number of rotatable bonds is 5. The van der Waals surface area contributed by atoms with Gasteiger partial charge in [-0.2, -0.15) is 0 Å². The molecular formula is C16H21NO2. The van der Waals surface area contributed by atoms with Crippen LogP contribution >= 0.6 is 0 Å². The smallest absolute Gasteiger partial charge is 0.304 e. The molecule has 2 aliphatic rings. The van der Waals surface area contributed by atoms with E-state index in [0.717, 1.165) is 12.8 Å². The van der Waals surface area contributed by atoms with Gasteiger partial charge in [0.1, 0.15) is 0 Å². The number of hydrogen-bond donors (Lipinski definition) is 1. The zero-order valence-corrected chi connectivity index (χ0v) is 11.2. The molecule has 2 aliphatic carbocycles. The summed E-state index contributed by atoms with van der Waals surface area (Å²) in [7, 11) is 0. The van der Waals surface area contributed by atoms with E-state index in [4.69, 9.17) is 5.11 Å². The van der Waals surface area contributed by atoms with Crippen molar-refractivity contribution in [2.75, 3.05) is 6.54 Å². The molecule has 3 heteroatoms. The summed E-state index contributed by atoms with van der Waals surface area (Å²) in [5, 5.41) is 8.89. The van der Waals surface area contributed by atoms with E-state index in [9.17, 15) is 4.79 Å². The number of aryl methyl sites for hydroxylation is 1. The van der Waals surface area contributed by atoms with E-state index < -0.39 is 5.97 Å². The van der Waals surface area contributed by atoms with Crippen molar-refractivity contribution in [2.24, 2.45) is 0 Å². The van der Waals surface area contributed by atoms with Crippen LogP contribution in [-0.4, -0.2) is 34.6 Å². The maximum Gasteiger partial charge on any atom is 0.304 e. The average molecular weight is 259 g/mol. The molecule has 0 amide bonds. The number of hydrogen-bond acceptors (Lipinski definition) is 2. The van der Waals surface area contributed by atoms with E-state index in [0.29, 0.717) is 18.6 Å². The zero-order valence-electron chi connectivity index (χ0n) is 11.2. The van der Waals surface area contributed by atoms with Gasteiger partial charge in [0, 0.05) is 18.6 Å². The van der Waals surface area contributed by atoms with Crippen LogP contribution in [0.25, 0.3) is 0 Å². The molecule has 1 N–H and O–H groups in total. The molecule has 0 spiro atoms. The second kappa shape index (κ2) is 5.33. The molecule has 3 nitrogen and oxygen atoms in total. The highest BCUT2D eigenvalue weighted by atomic mass is 16.4. The quantitative estimate of drug-likeness (QED) is 0.883. The number of carbonyl (C=O) groups is 1. The second-order valence-corrected chi connectivity index (χ2v) is 5.78. The first-order valence-corrected chi connectivity index (χ1v) is 7.28. The van der Waals surface area contributed by atoms with Gasteiger partial charge in [-0.25, -0.2) is 0 Å². The molecule has 19 heavy (non-hydrogen) atoms. The Hall–Kier alpha value is -1.35. The molecule has 0 radical (unpaired) electrons. The van der Waals surface area contributed by atoms with Gasteiger partial charge < -0.3 is 5.11 Å². The minimum atomic E-state index is -0.679. The Labute approximate surface area is 114 Å². The average Bonchev–Trinajstić information content (AvgIpc) is 3.23. The molecule has 3 rings (SSSR count). The van der Waals surface area contributed by atoms with Crippen molar-refractivity contribution in [1.82, 2.24) is 4.90 Å². The van der Waals surface area contributed by atoms with Gasteiger partial charge in [0.25, 0.3) is 0 Å². The Morgan fingerprint density at radius 3 is 2.58 bits per heavy atom. The van der Waals surface area contributed by atoms with Crippen molar-refractivity contribution in [3.8, 4) is 0 Å². The Bertz CT molecular complexity index is 468. The third kappa shape index (κ3) is 2.98. The Morgan fingerprint density at radius 1 is 1.16 bits per heavy atom. The lowest BCUT2D eigenvalue weighted by molar-refractivity contribution is -0.137. The first kappa shape index (κ1) is 12.7. The van der Waals surface area contributed by atoms with Gasteiger partial charge in [-0.3, -0.25) is 9.69 Å². The molecule has 0 bridgehead atoms. The van der Waals surface area contributed by atoms with Crippen LogP contribution in [0.2, 0.25) is 0 Å². The molecule has 102 valence electrons. The van der Waals surface area contributed by atoms with Gasteiger partial charge in [0.15, 0.2) is 0 Å². The number of aliphatic carboxylic acids is 1. The molecular weight excluding hydrogens is 238 g/mol. The Kier molecular flexibility index (Phi) is 3.56. The van der Waals surface area contributed by atoms with Crippen molar-refractivity contribution in [3.05, 3.63) is 35.4 Å². The minimum absolute atomic E-state index is 0.272. The molecule has 1 aromatic carbocycles. The summed E-state index contributed by atoms with van der Waals surface area (Å²) in [6.45, 7) is 0.715. The van der Waals surface area contributed by atoms with Crippen LogP contribution < -0.4 is 0 Å². The van der Waals surface area contributed by atoms with Crippen LogP contribution in [0.1, 0.15) is 36.8 Å². The first-order valence-electron chi connectivity index (χ1n) is 7.28. The van der Waals surface area contributed by atoms with Crippen LogP contribution in [0, 0.1) is 0 Å². The molecule has 0 aliphatic heterocycles.